The molecule has 4 nitrogen and oxygen atoms in total. The highest BCUT2D eigenvalue weighted by Gasteiger charge is 2.20. The van der Waals surface area contributed by atoms with Crippen molar-refractivity contribution >= 4 is 5.95 Å². The Hall–Kier alpha value is -2.01. The van der Waals surface area contributed by atoms with E-state index in [1.165, 1.54) is 12.8 Å². The van der Waals surface area contributed by atoms with Gasteiger partial charge < -0.3 is 5.32 Å². The zero-order chi connectivity index (χ0) is 17.5. The van der Waals surface area contributed by atoms with Crippen LogP contribution in [-0.4, -0.2) is 34.5 Å². The highest BCUT2D eigenvalue weighted by Crippen LogP contribution is 2.23. The molecule has 3 rings (SSSR count). The number of aryl methyl sites for hydroxylation is 1. The van der Waals surface area contributed by atoms with Crippen LogP contribution in [0.1, 0.15) is 37.3 Å². The van der Waals surface area contributed by atoms with E-state index in [2.05, 4.69) is 20.2 Å². The standard InChI is InChI=1S/C20H27FN4/c1-2-22-20-23-12-17(13-24-20)15-25-11-5-6-16(14-25)9-10-18-7-3-4-8-19(18)21/h3-4,7-8,12-13,16H,2,5-6,9-11,14-15H2,1H3,(H,22,23,24). The second kappa shape index (κ2) is 8.90. The molecule has 1 N–H and O–H groups in total. The van der Waals surface area contributed by atoms with Crippen LogP contribution < -0.4 is 5.32 Å². The van der Waals surface area contributed by atoms with E-state index in [1.807, 2.05) is 31.5 Å². The van der Waals surface area contributed by atoms with Gasteiger partial charge >= 0.3 is 0 Å². The van der Waals surface area contributed by atoms with E-state index in [9.17, 15) is 4.39 Å². The summed E-state index contributed by atoms with van der Waals surface area (Å²) >= 11 is 0. The van der Waals surface area contributed by atoms with Crippen molar-refractivity contribution < 1.29 is 4.39 Å². The molecule has 134 valence electrons. The molecule has 1 unspecified atom stereocenters. The third-order valence-corrected chi connectivity index (χ3v) is 4.83. The van der Waals surface area contributed by atoms with Crippen molar-refractivity contribution in [3.05, 3.63) is 53.6 Å². The van der Waals surface area contributed by atoms with Crippen molar-refractivity contribution in [2.75, 3.05) is 25.0 Å². The van der Waals surface area contributed by atoms with E-state index >= 15 is 0 Å². The Kier molecular flexibility index (Phi) is 6.34. The van der Waals surface area contributed by atoms with Gasteiger partial charge in [-0.3, -0.25) is 4.90 Å². The molecule has 0 saturated carbocycles. The molecule has 0 bridgehead atoms. The van der Waals surface area contributed by atoms with E-state index in [0.717, 1.165) is 50.1 Å². The maximum absolute atomic E-state index is 13.8. The summed E-state index contributed by atoms with van der Waals surface area (Å²) in [5.41, 5.74) is 1.99. The minimum atomic E-state index is -0.0758. The van der Waals surface area contributed by atoms with Crippen molar-refractivity contribution in [3.8, 4) is 0 Å². The Bertz CT molecular complexity index is 659. The number of hydrogen-bond donors (Lipinski definition) is 1. The number of likely N-dealkylation sites (tertiary alicyclic amines) is 1. The quantitative estimate of drug-likeness (QED) is 0.829. The zero-order valence-electron chi connectivity index (χ0n) is 14.9. The van der Waals surface area contributed by atoms with Crippen LogP contribution in [0, 0.1) is 11.7 Å². The largest absolute Gasteiger partial charge is 0.355 e. The first-order chi connectivity index (χ1) is 12.2. The fourth-order valence-electron chi connectivity index (χ4n) is 3.54. The summed E-state index contributed by atoms with van der Waals surface area (Å²) in [4.78, 5) is 11.2. The number of hydrogen-bond acceptors (Lipinski definition) is 4. The highest BCUT2D eigenvalue weighted by molar-refractivity contribution is 5.24. The van der Waals surface area contributed by atoms with Gasteiger partial charge in [0.15, 0.2) is 0 Å². The molecule has 25 heavy (non-hydrogen) atoms. The number of anilines is 1. The fraction of sp³-hybridized carbons (Fsp3) is 0.500. The molecule has 0 aliphatic carbocycles. The van der Waals surface area contributed by atoms with Crippen molar-refractivity contribution in [3.63, 3.8) is 0 Å². The monoisotopic (exact) mass is 342 g/mol. The second-order valence-electron chi connectivity index (χ2n) is 6.82. The SMILES string of the molecule is CCNc1ncc(CN2CCCC(CCc3ccccc3F)C2)cn1. The number of benzene rings is 1. The highest BCUT2D eigenvalue weighted by atomic mass is 19.1. The summed E-state index contributed by atoms with van der Waals surface area (Å²) in [5.74, 6) is 1.25. The molecule has 1 aromatic heterocycles. The van der Waals surface area contributed by atoms with Crippen molar-refractivity contribution in [1.82, 2.24) is 14.9 Å². The minimum absolute atomic E-state index is 0.0758. The van der Waals surface area contributed by atoms with E-state index in [0.29, 0.717) is 11.9 Å². The average molecular weight is 342 g/mol. The molecule has 2 heterocycles. The molecule has 1 fully saturated rings. The molecule has 0 amide bonds. The Morgan fingerprint density at radius 2 is 2.04 bits per heavy atom. The molecule has 1 aromatic carbocycles. The lowest BCUT2D eigenvalue weighted by Crippen LogP contribution is -2.35. The third kappa shape index (κ3) is 5.23. The molecule has 1 saturated heterocycles. The molecule has 5 heteroatoms. The van der Waals surface area contributed by atoms with Gasteiger partial charge in [-0.15, -0.1) is 0 Å². The molecule has 1 atom stereocenters. The normalized spacial score (nSPS) is 18.2. The van der Waals surface area contributed by atoms with Gasteiger partial charge in [0.1, 0.15) is 5.82 Å². The molecule has 1 aliphatic heterocycles. The molecular formula is C20H27FN4. The molecular weight excluding hydrogens is 315 g/mol. The molecule has 2 aromatic rings. The van der Waals surface area contributed by atoms with Gasteiger partial charge in [-0.05, 0) is 56.7 Å². The van der Waals surface area contributed by atoms with Gasteiger partial charge in [0.2, 0.25) is 5.95 Å². The van der Waals surface area contributed by atoms with Crippen LogP contribution in [0.4, 0.5) is 10.3 Å². The van der Waals surface area contributed by atoms with Gasteiger partial charge in [0, 0.05) is 37.6 Å². The first-order valence-electron chi connectivity index (χ1n) is 9.25. The first kappa shape index (κ1) is 17.8. The van der Waals surface area contributed by atoms with Crippen LogP contribution in [0.2, 0.25) is 0 Å². The van der Waals surface area contributed by atoms with E-state index in [1.54, 1.807) is 12.1 Å². The summed E-state index contributed by atoms with van der Waals surface area (Å²) < 4.78 is 13.8. The first-order valence-corrected chi connectivity index (χ1v) is 9.25. The van der Waals surface area contributed by atoms with Gasteiger partial charge in [-0.1, -0.05) is 18.2 Å². The van der Waals surface area contributed by atoms with Crippen LogP contribution in [-0.2, 0) is 13.0 Å². The zero-order valence-corrected chi connectivity index (χ0v) is 14.9. The maximum Gasteiger partial charge on any atom is 0.222 e. The van der Waals surface area contributed by atoms with Crippen molar-refractivity contribution in [1.29, 1.82) is 0 Å². The van der Waals surface area contributed by atoms with E-state index in [4.69, 9.17) is 0 Å². The Morgan fingerprint density at radius 3 is 2.80 bits per heavy atom. The molecule has 0 radical (unpaired) electrons. The van der Waals surface area contributed by atoms with Gasteiger partial charge in [0.25, 0.3) is 0 Å². The Morgan fingerprint density at radius 1 is 1.24 bits per heavy atom. The number of piperidine rings is 1. The summed E-state index contributed by atoms with van der Waals surface area (Å²) in [7, 11) is 0. The van der Waals surface area contributed by atoms with E-state index < -0.39 is 0 Å². The third-order valence-electron chi connectivity index (χ3n) is 4.83. The Balaban J connectivity index is 1.50. The van der Waals surface area contributed by atoms with Crippen LogP contribution >= 0.6 is 0 Å². The van der Waals surface area contributed by atoms with Gasteiger partial charge in [-0.2, -0.15) is 0 Å². The number of halogens is 1. The lowest BCUT2D eigenvalue weighted by molar-refractivity contribution is 0.161. The molecule has 0 spiro atoms. The van der Waals surface area contributed by atoms with Crippen molar-refractivity contribution in [2.45, 2.75) is 39.2 Å². The maximum atomic E-state index is 13.8. The summed E-state index contributed by atoms with van der Waals surface area (Å²) in [6.07, 6.45) is 8.14. The summed E-state index contributed by atoms with van der Waals surface area (Å²) in [6, 6.07) is 7.13. The number of rotatable bonds is 7. The van der Waals surface area contributed by atoms with Crippen molar-refractivity contribution in [2.24, 2.45) is 5.92 Å². The predicted octanol–water partition coefficient (Wildman–Crippen LogP) is 3.89. The number of nitrogens with one attached hydrogen (secondary N) is 1. The number of aromatic nitrogens is 2. The smallest absolute Gasteiger partial charge is 0.222 e. The lowest BCUT2D eigenvalue weighted by atomic mass is 9.91. The van der Waals surface area contributed by atoms with E-state index in [-0.39, 0.29) is 5.82 Å². The molecule has 1 aliphatic rings. The average Bonchev–Trinajstić information content (AvgIpc) is 2.63. The van der Waals surface area contributed by atoms with Gasteiger partial charge in [-0.25, -0.2) is 14.4 Å². The minimum Gasteiger partial charge on any atom is -0.355 e. The summed E-state index contributed by atoms with van der Waals surface area (Å²) in [5, 5.41) is 3.12. The Labute approximate surface area is 149 Å². The van der Waals surface area contributed by atoms with Crippen LogP contribution in [0.25, 0.3) is 0 Å². The van der Waals surface area contributed by atoms with Crippen LogP contribution in [0.15, 0.2) is 36.7 Å². The number of nitrogens with zero attached hydrogens (tertiary/aromatic N) is 3. The topological polar surface area (TPSA) is 41.1 Å². The summed E-state index contributed by atoms with van der Waals surface area (Å²) in [6.45, 7) is 5.94. The van der Waals surface area contributed by atoms with Crippen LogP contribution in [0.3, 0.4) is 0 Å². The second-order valence-corrected chi connectivity index (χ2v) is 6.82. The predicted molar refractivity (Wildman–Crippen MR) is 98.9 cm³/mol. The van der Waals surface area contributed by atoms with Gasteiger partial charge in [0.05, 0.1) is 0 Å². The van der Waals surface area contributed by atoms with Crippen LogP contribution in [0.5, 0.6) is 0 Å². The fourth-order valence-corrected chi connectivity index (χ4v) is 3.54. The lowest BCUT2D eigenvalue weighted by Gasteiger charge is -2.32.